The molecule has 1 heterocycles. The molecule has 1 fully saturated rings. The number of rotatable bonds is 5. The molecule has 0 saturated carbocycles. The van der Waals surface area contributed by atoms with Crippen LogP contribution in [0.1, 0.15) is 13.3 Å². The van der Waals surface area contributed by atoms with E-state index >= 15 is 0 Å². The van der Waals surface area contributed by atoms with Crippen molar-refractivity contribution >= 4 is 5.97 Å². The maximum Gasteiger partial charge on any atom is 0.323 e. The lowest BCUT2D eigenvalue weighted by molar-refractivity contribution is -0.144. The second-order valence-electron chi connectivity index (χ2n) is 4.09. The first-order valence-electron chi connectivity index (χ1n) is 5.31. The Morgan fingerprint density at radius 1 is 1.53 bits per heavy atom. The first kappa shape index (κ1) is 12.4. The summed E-state index contributed by atoms with van der Waals surface area (Å²) in [5.41, 5.74) is -0.821. The van der Waals surface area contributed by atoms with Crippen molar-refractivity contribution in [2.24, 2.45) is 0 Å². The quantitative estimate of drug-likeness (QED) is 0.665. The summed E-state index contributed by atoms with van der Waals surface area (Å²) in [4.78, 5) is 13.3. The molecule has 0 aromatic heterocycles. The molecule has 5 heteroatoms. The summed E-state index contributed by atoms with van der Waals surface area (Å²) < 4.78 is 5.23. The Bertz CT molecular complexity index is 217. The van der Waals surface area contributed by atoms with Crippen LogP contribution in [-0.2, 0) is 9.53 Å². The lowest BCUT2D eigenvalue weighted by atomic mass is 9.98. The van der Waals surface area contributed by atoms with Crippen molar-refractivity contribution in [2.45, 2.75) is 18.9 Å². The van der Waals surface area contributed by atoms with Crippen molar-refractivity contribution in [3.8, 4) is 0 Å². The zero-order valence-corrected chi connectivity index (χ0v) is 9.45. The van der Waals surface area contributed by atoms with Gasteiger partial charge in [-0.1, -0.05) is 0 Å². The number of ether oxygens (including phenoxy) is 1. The predicted octanol–water partition coefficient (Wildman–Crippen LogP) is -0.229. The van der Waals surface area contributed by atoms with Crippen LogP contribution < -0.4 is 5.32 Å². The van der Waals surface area contributed by atoms with Crippen LogP contribution in [-0.4, -0.2) is 61.4 Å². The largest absolute Gasteiger partial charge is 0.480 e. The van der Waals surface area contributed by atoms with E-state index in [2.05, 4.69) is 10.2 Å². The first-order chi connectivity index (χ1) is 7.08. The summed E-state index contributed by atoms with van der Waals surface area (Å²) in [6, 6.07) is 0. The van der Waals surface area contributed by atoms with Gasteiger partial charge in [0.1, 0.15) is 5.54 Å². The third kappa shape index (κ3) is 3.44. The van der Waals surface area contributed by atoms with E-state index in [1.165, 1.54) is 0 Å². The summed E-state index contributed by atoms with van der Waals surface area (Å²) in [6.07, 6.45) is 0.610. The number of nitrogens with zero attached hydrogens (tertiary/aromatic N) is 1. The van der Waals surface area contributed by atoms with Crippen molar-refractivity contribution in [3.05, 3.63) is 0 Å². The van der Waals surface area contributed by atoms with Crippen LogP contribution in [0.4, 0.5) is 0 Å². The van der Waals surface area contributed by atoms with E-state index in [-0.39, 0.29) is 0 Å². The average molecular weight is 216 g/mol. The monoisotopic (exact) mass is 216 g/mol. The van der Waals surface area contributed by atoms with Crippen molar-refractivity contribution in [1.29, 1.82) is 0 Å². The number of hydrogen-bond donors (Lipinski definition) is 2. The summed E-state index contributed by atoms with van der Waals surface area (Å²) in [5, 5.41) is 11.9. The second-order valence-corrected chi connectivity index (χ2v) is 4.09. The van der Waals surface area contributed by atoms with Gasteiger partial charge >= 0.3 is 5.97 Å². The normalized spacial score (nSPS) is 22.3. The van der Waals surface area contributed by atoms with E-state index in [1.807, 2.05) is 0 Å². The molecule has 1 unspecified atom stereocenters. The van der Waals surface area contributed by atoms with E-state index in [0.717, 1.165) is 32.8 Å². The number of carbonyl (C=O) groups is 1. The van der Waals surface area contributed by atoms with Crippen molar-refractivity contribution in [1.82, 2.24) is 10.2 Å². The van der Waals surface area contributed by atoms with Gasteiger partial charge < -0.3 is 15.2 Å². The molecule has 15 heavy (non-hydrogen) atoms. The van der Waals surface area contributed by atoms with Crippen LogP contribution in [0.25, 0.3) is 0 Å². The van der Waals surface area contributed by atoms with Gasteiger partial charge in [-0.15, -0.1) is 0 Å². The van der Waals surface area contributed by atoms with Crippen LogP contribution in [0.5, 0.6) is 0 Å². The maximum atomic E-state index is 11.0. The van der Waals surface area contributed by atoms with Gasteiger partial charge in [0.15, 0.2) is 0 Å². The summed E-state index contributed by atoms with van der Waals surface area (Å²) >= 11 is 0. The van der Waals surface area contributed by atoms with E-state index in [9.17, 15) is 4.79 Å². The molecule has 1 saturated heterocycles. The summed E-state index contributed by atoms with van der Waals surface area (Å²) in [5.74, 6) is -0.793. The van der Waals surface area contributed by atoms with Crippen molar-refractivity contribution < 1.29 is 14.6 Å². The lowest BCUT2D eigenvalue weighted by Crippen LogP contribution is -2.50. The Morgan fingerprint density at radius 2 is 2.13 bits per heavy atom. The van der Waals surface area contributed by atoms with E-state index in [1.54, 1.807) is 14.0 Å². The number of carboxylic acids is 1. The molecule has 2 N–H and O–H groups in total. The third-order valence-electron chi connectivity index (χ3n) is 3.06. The molecule has 1 atom stereocenters. The molecule has 0 aliphatic carbocycles. The zero-order chi connectivity index (χ0) is 11.3. The molecule has 1 rings (SSSR count). The fraction of sp³-hybridized carbons (Fsp3) is 0.900. The molecule has 0 aromatic rings. The molecule has 0 radical (unpaired) electrons. The highest BCUT2D eigenvalue weighted by molar-refractivity contribution is 5.78. The van der Waals surface area contributed by atoms with Gasteiger partial charge in [0.25, 0.3) is 0 Å². The smallest absolute Gasteiger partial charge is 0.323 e. The van der Waals surface area contributed by atoms with Crippen molar-refractivity contribution in [2.75, 3.05) is 39.9 Å². The number of aliphatic carboxylic acids is 1. The molecule has 88 valence electrons. The van der Waals surface area contributed by atoms with Crippen LogP contribution >= 0.6 is 0 Å². The number of likely N-dealkylation sites (N-methyl/N-ethyl adjacent to an activating group) is 1. The molecule has 0 aromatic carbocycles. The van der Waals surface area contributed by atoms with Gasteiger partial charge in [0, 0.05) is 19.6 Å². The van der Waals surface area contributed by atoms with Gasteiger partial charge in [-0.3, -0.25) is 9.69 Å². The minimum Gasteiger partial charge on any atom is -0.480 e. The molecule has 0 spiro atoms. The highest BCUT2D eigenvalue weighted by atomic mass is 16.5. The van der Waals surface area contributed by atoms with Crippen LogP contribution in [0, 0.1) is 0 Å². The van der Waals surface area contributed by atoms with Gasteiger partial charge in [0.2, 0.25) is 0 Å². The van der Waals surface area contributed by atoms with Crippen LogP contribution in [0.15, 0.2) is 0 Å². The van der Waals surface area contributed by atoms with Crippen LogP contribution in [0.3, 0.4) is 0 Å². The van der Waals surface area contributed by atoms with Crippen molar-refractivity contribution in [3.63, 3.8) is 0 Å². The Hall–Kier alpha value is -0.650. The number of morpholine rings is 1. The van der Waals surface area contributed by atoms with Gasteiger partial charge in [-0.25, -0.2) is 0 Å². The lowest BCUT2D eigenvalue weighted by Gasteiger charge is -2.31. The Balaban J connectivity index is 2.36. The number of nitrogens with one attached hydrogen (secondary N) is 1. The topological polar surface area (TPSA) is 61.8 Å². The van der Waals surface area contributed by atoms with E-state index in [0.29, 0.717) is 6.42 Å². The molecular formula is C10H20N2O3. The average Bonchev–Trinajstić information content (AvgIpc) is 2.27. The fourth-order valence-electron chi connectivity index (χ4n) is 1.55. The highest BCUT2D eigenvalue weighted by Crippen LogP contribution is 2.11. The maximum absolute atomic E-state index is 11.0. The predicted molar refractivity (Wildman–Crippen MR) is 57.0 cm³/mol. The van der Waals surface area contributed by atoms with Gasteiger partial charge in [-0.05, 0) is 20.4 Å². The standard InChI is InChI=1S/C10H20N2O3/c1-10(11-2,9(13)14)3-4-12-5-7-15-8-6-12/h11H,3-8H2,1-2H3,(H,13,14). The Labute approximate surface area is 90.4 Å². The third-order valence-corrected chi connectivity index (χ3v) is 3.06. The number of carboxylic acid groups (broad SMARTS) is 1. The minimum atomic E-state index is -0.821. The molecule has 1 aliphatic heterocycles. The van der Waals surface area contributed by atoms with E-state index in [4.69, 9.17) is 9.84 Å². The zero-order valence-electron chi connectivity index (χ0n) is 9.45. The number of hydrogen-bond acceptors (Lipinski definition) is 4. The SMILES string of the molecule is CNC(C)(CCN1CCOCC1)C(=O)O. The first-order valence-corrected chi connectivity index (χ1v) is 5.31. The molecule has 0 bridgehead atoms. The Kier molecular flexibility index (Phi) is 4.50. The Morgan fingerprint density at radius 3 is 2.60 bits per heavy atom. The van der Waals surface area contributed by atoms with Crippen LogP contribution in [0.2, 0.25) is 0 Å². The summed E-state index contributed by atoms with van der Waals surface area (Å²) in [7, 11) is 1.69. The van der Waals surface area contributed by atoms with Gasteiger partial charge in [0.05, 0.1) is 13.2 Å². The highest BCUT2D eigenvalue weighted by Gasteiger charge is 2.31. The molecule has 1 aliphatic rings. The summed E-state index contributed by atoms with van der Waals surface area (Å²) in [6.45, 7) is 5.83. The minimum absolute atomic E-state index is 0.610. The molecular weight excluding hydrogens is 196 g/mol. The molecule has 5 nitrogen and oxygen atoms in total. The molecule has 0 amide bonds. The second kappa shape index (κ2) is 5.44. The van der Waals surface area contributed by atoms with Gasteiger partial charge in [-0.2, -0.15) is 0 Å². The van der Waals surface area contributed by atoms with E-state index < -0.39 is 11.5 Å². The fourth-order valence-corrected chi connectivity index (χ4v) is 1.55.